The minimum atomic E-state index is -0.559. The van der Waals surface area contributed by atoms with Gasteiger partial charge >= 0.3 is 0 Å². The van der Waals surface area contributed by atoms with Gasteiger partial charge in [-0.1, -0.05) is 11.6 Å². The SMILES string of the molecule is Nc1nc(N)nc(-c2ccc(Cl)c(F)c2)n1. The van der Waals surface area contributed by atoms with Crippen LogP contribution >= 0.6 is 11.6 Å². The highest BCUT2D eigenvalue weighted by molar-refractivity contribution is 6.30. The first-order valence-electron chi connectivity index (χ1n) is 4.28. The lowest BCUT2D eigenvalue weighted by Crippen LogP contribution is -2.04. The average Bonchev–Trinajstić information content (AvgIpc) is 2.20. The fourth-order valence-corrected chi connectivity index (χ4v) is 1.29. The zero-order chi connectivity index (χ0) is 11.7. The number of anilines is 2. The minimum Gasteiger partial charge on any atom is -0.368 e. The molecule has 0 bridgehead atoms. The summed E-state index contributed by atoms with van der Waals surface area (Å²) in [4.78, 5) is 11.3. The molecule has 0 aliphatic carbocycles. The summed E-state index contributed by atoms with van der Waals surface area (Å²) in [5, 5.41) is 0.0266. The number of benzene rings is 1. The van der Waals surface area contributed by atoms with Gasteiger partial charge in [-0.25, -0.2) is 4.39 Å². The van der Waals surface area contributed by atoms with Crippen molar-refractivity contribution in [2.45, 2.75) is 0 Å². The summed E-state index contributed by atoms with van der Waals surface area (Å²) in [6.45, 7) is 0. The quantitative estimate of drug-likeness (QED) is 0.787. The molecule has 0 atom stereocenters. The van der Waals surface area contributed by atoms with E-state index in [1.807, 2.05) is 0 Å². The van der Waals surface area contributed by atoms with Crippen LogP contribution in [0, 0.1) is 5.82 Å². The molecule has 1 aromatic carbocycles. The molecule has 0 saturated carbocycles. The molecule has 16 heavy (non-hydrogen) atoms. The predicted octanol–water partition coefficient (Wildman–Crippen LogP) is 1.50. The van der Waals surface area contributed by atoms with Gasteiger partial charge in [0.05, 0.1) is 5.02 Å². The van der Waals surface area contributed by atoms with E-state index >= 15 is 0 Å². The number of aromatic nitrogens is 3. The summed E-state index contributed by atoms with van der Waals surface area (Å²) in [5.41, 5.74) is 11.2. The molecular weight excluding hydrogens is 233 g/mol. The van der Waals surface area contributed by atoms with Crippen LogP contribution in [0.15, 0.2) is 18.2 Å². The Kier molecular flexibility index (Phi) is 2.57. The first kappa shape index (κ1) is 10.6. The highest BCUT2D eigenvalue weighted by atomic mass is 35.5. The summed E-state index contributed by atoms with van der Waals surface area (Å²) in [7, 11) is 0. The topological polar surface area (TPSA) is 90.7 Å². The molecule has 0 spiro atoms. The van der Waals surface area contributed by atoms with Crippen molar-refractivity contribution in [1.82, 2.24) is 15.0 Å². The van der Waals surface area contributed by atoms with Gasteiger partial charge in [0, 0.05) is 5.56 Å². The maximum absolute atomic E-state index is 13.2. The van der Waals surface area contributed by atoms with Crippen molar-refractivity contribution in [1.29, 1.82) is 0 Å². The van der Waals surface area contributed by atoms with Gasteiger partial charge in [-0.05, 0) is 18.2 Å². The Bertz CT molecular complexity index is 525. The molecule has 0 radical (unpaired) electrons. The van der Waals surface area contributed by atoms with E-state index in [1.54, 1.807) is 6.07 Å². The number of rotatable bonds is 1. The number of nitrogen functional groups attached to an aromatic ring is 2. The lowest BCUT2D eigenvalue weighted by molar-refractivity contribution is 0.628. The van der Waals surface area contributed by atoms with E-state index < -0.39 is 5.82 Å². The zero-order valence-electron chi connectivity index (χ0n) is 7.98. The molecule has 1 aromatic heterocycles. The summed E-state index contributed by atoms with van der Waals surface area (Å²) >= 11 is 5.55. The van der Waals surface area contributed by atoms with Gasteiger partial charge in [0.15, 0.2) is 5.82 Å². The molecule has 4 N–H and O–H groups in total. The van der Waals surface area contributed by atoms with Crippen LogP contribution < -0.4 is 11.5 Å². The Morgan fingerprint density at radius 3 is 2.25 bits per heavy atom. The Labute approximate surface area is 95.3 Å². The number of halogens is 2. The van der Waals surface area contributed by atoms with Gasteiger partial charge in [0.25, 0.3) is 0 Å². The Morgan fingerprint density at radius 1 is 1.06 bits per heavy atom. The molecule has 0 aliphatic rings. The third kappa shape index (κ3) is 2.01. The molecule has 0 saturated heterocycles. The highest BCUT2D eigenvalue weighted by Crippen LogP contribution is 2.22. The third-order valence-electron chi connectivity index (χ3n) is 1.85. The number of nitrogens with two attached hydrogens (primary N) is 2. The molecule has 5 nitrogen and oxygen atoms in total. The van der Waals surface area contributed by atoms with E-state index in [-0.39, 0.29) is 22.7 Å². The molecule has 0 aliphatic heterocycles. The van der Waals surface area contributed by atoms with E-state index in [2.05, 4.69) is 15.0 Å². The Hall–Kier alpha value is -1.95. The van der Waals surface area contributed by atoms with Gasteiger partial charge in [-0.2, -0.15) is 15.0 Å². The predicted molar refractivity (Wildman–Crippen MR) is 59.1 cm³/mol. The second kappa shape index (κ2) is 3.90. The second-order valence-corrected chi connectivity index (χ2v) is 3.41. The molecule has 7 heteroatoms. The number of nitrogens with zero attached hydrogens (tertiary/aromatic N) is 3. The molecule has 0 unspecified atom stereocenters. The fourth-order valence-electron chi connectivity index (χ4n) is 1.17. The van der Waals surface area contributed by atoms with Gasteiger partial charge in [0.1, 0.15) is 5.82 Å². The Morgan fingerprint density at radius 2 is 1.69 bits per heavy atom. The van der Waals surface area contributed by atoms with Crippen LogP contribution in [0.25, 0.3) is 11.4 Å². The minimum absolute atomic E-state index is 0.0159. The van der Waals surface area contributed by atoms with E-state index in [9.17, 15) is 4.39 Å². The van der Waals surface area contributed by atoms with Gasteiger partial charge in [-0.3, -0.25) is 0 Å². The molecule has 2 rings (SSSR count). The molecular formula is C9H7ClFN5. The number of hydrogen-bond donors (Lipinski definition) is 2. The normalized spacial score (nSPS) is 10.4. The van der Waals surface area contributed by atoms with Crippen LogP contribution in [-0.4, -0.2) is 15.0 Å². The van der Waals surface area contributed by atoms with Crippen molar-refractivity contribution >= 4 is 23.5 Å². The molecule has 1 heterocycles. The van der Waals surface area contributed by atoms with Crippen molar-refractivity contribution in [3.63, 3.8) is 0 Å². The monoisotopic (exact) mass is 239 g/mol. The van der Waals surface area contributed by atoms with Crippen LogP contribution in [0.5, 0.6) is 0 Å². The maximum Gasteiger partial charge on any atom is 0.225 e. The van der Waals surface area contributed by atoms with Crippen LogP contribution in [0.2, 0.25) is 5.02 Å². The molecule has 2 aromatic rings. The van der Waals surface area contributed by atoms with Crippen LogP contribution in [0.3, 0.4) is 0 Å². The first-order valence-corrected chi connectivity index (χ1v) is 4.66. The smallest absolute Gasteiger partial charge is 0.225 e. The summed E-state index contributed by atoms with van der Waals surface area (Å²) in [6.07, 6.45) is 0. The summed E-state index contributed by atoms with van der Waals surface area (Å²) < 4.78 is 13.2. The maximum atomic E-state index is 13.2. The lowest BCUT2D eigenvalue weighted by Gasteiger charge is -2.02. The van der Waals surface area contributed by atoms with Gasteiger partial charge in [0.2, 0.25) is 11.9 Å². The van der Waals surface area contributed by atoms with Crippen molar-refractivity contribution in [2.24, 2.45) is 0 Å². The molecule has 0 fully saturated rings. The fraction of sp³-hybridized carbons (Fsp3) is 0. The van der Waals surface area contributed by atoms with Crippen molar-refractivity contribution in [2.75, 3.05) is 11.5 Å². The van der Waals surface area contributed by atoms with Crippen LogP contribution in [-0.2, 0) is 0 Å². The van der Waals surface area contributed by atoms with E-state index in [0.717, 1.165) is 0 Å². The summed E-state index contributed by atoms with van der Waals surface area (Å²) in [5.74, 6) is -0.381. The second-order valence-electron chi connectivity index (χ2n) is 3.00. The van der Waals surface area contributed by atoms with Crippen LogP contribution in [0.1, 0.15) is 0 Å². The standard InChI is InChI=1S/C9H7ClFN5/c10-5-2-1-4(3-6(5)11)7-14-8(12)16-9(13)15-7/h1-3H,(H4,12,13,14,15,16). The van der Waals surface area contributed by atoms with E-state index in [1.165, 1.54) is 12.1 Å². The first-order chi connectivity index (χ1) is 7.56. The number of hydrogen-bond acceptors (Lipinski definition) is 5. The highest BCUT2D eigenvalue weighted by Gasteiger charge is 2.07. The lowest BCUT2D eigenvalue weighted by atomic mass is 10.2. The summed E-state index contributed by atoms with van der Waals surface area (Å²) in [6, 6.07) is 4.18. The van der Waals surface area contributed by atoms with E-state index in [0.29, 0.717) is 5.56 Å². The zero-order valence-corrected chi connectivity index (χ0v) is 8.74. The molecule has 82 valence electrons. The average molecular weight is 240 g/mol. The van der Waals surface area contributed by atoms with Crippen molar-refractivity contribution < 1.29 is 4.39 Å². The van der Waals surface area contributed by atoms with Crippen molar-refractivity contribution in [3.8, 4) is 11.4 Å². The molecule has 0 amide bonds. The van der Waals surface area contributed by atoms with Crippen LogP contribution in [0.4, 0.5) is 16.3 Å². The third-order valence-corrected chi connectivity index (χ3v) is 2.15. The van der Waals surface area contributed by atoms with Crippen molar-refractivity contribution in [3.05, 3.63) is 29.0 Å². The van der Waals surface area contributed by atoms with E-state index in [4.69, 9.17) is 23.1 Å². The Balaban J connectivity index is 2.54. The van der Waals surface area contributed by atoms with Gasteiger partial charge < -0.3 is 11.5 Å². The van der Waals surface area contributed by atoms with Gasteiger partial charge in [-0.15, -0.1) is 0 Å². The largest absolute Gasteiger partial charge is 0.368 e.